The fourth-order valence-corrected chi connectivity index (χ4v) is 5.08. The summed E-state index contributed by atoms with van der Waals surface area (Å²) in [6, 6.07) is 0. The summed E-state index contributed by atoms with van der Waals surface area (Å²) in [5.41, 5.74) is 0. The molecule has 0 aromatic heterocycles. The van der Waals surface area contributed by atoms with Crippen LogP contribution in [0.2, 0.25) is 0 Å². The highest BCUT2D eigenvalue weighted by atomic mass is 31.2. The average molecular weight is 619 g/mol. The normalized spacial score (nSPS) is 12.6. The predicted molar refractivity (Wildman–Crippen MR) is 170 cm³/mol. The Morgan fingerprint density at radius 3 is 1.50 bits per heavy atom. The van der Waals surface area contributed by atoms with E-state index in [-0.39, 0.29) is 19.4 Å². The molecule has 0 bridgehead atoms. The van der Waals surface area contributed by atoms with Crippen LogP contribution in [0.1, 0.15) is 168 Å². The van der Waals surface area contributed by atoms with Crippen molar-refractivity contribution in [2.24, 2.45) is 0 Å². The summed E-state index contributed by atoms with van der Waals surface area (Å²) < 4.78 is 26.2. The first kappa shape index (κ1) is 40.8. The molecule has 248 valence electrons. The molecule has 0 aromatic carbocycles. The van der Waals surface area contributed by atoms with Gasteiger partial charge in [-0.3, -0.25) is 14.1 Å². The van der Waals surface area contributed by atoms with Crippen molar-refractivity contribution in [1.82, 2.24) is 0 Å². The first-order valence-electron chi connectivity index (χ1n) is 17.0. The lowest BCUT2D eigenvalue weighted by Crippen LogP contribution is -2.29. The van der Waals surface area contributed by atoms with Gasteiger partial charge >= 0.3 is 19.8 Å². The van der Waals surface area contributed by atoms with Gasteiger partial charge in [0.1, 0.15) is 6.61 Å². The van der Waals surface area contributed by atoms with Crippen LogP contribution >= 0.6 is 7.82 Å². The molecule has 0 heterocycles. The first-order chi connectivity index (χ1) is 20.3. The van der Waals surface area contributed by atoms with Gasteiger partial charge < -0.3 is 19.3 Å². The molecule has 0 aliphatic carbocycles. The maximum absolute atomic E-state index is 12.3. The van der Waals surface area contributed by atoms with Crippen molar-refractivity contribution in [2.75, 3.05) is 13.2 Å². The number of hydrogen-bond donors (Lipinski definition) is 2. The zero-order chi connectivity index (χ0) is 31.2. The van der Waals surface area contributed by atoms with Crippen LogP contribution in [0.25, 0.3) is 0 Å². The van der Waals surface area contributed by atoms with E-state index in [1.807, 2.05) is 0 Å². The Hall–Kier alpha value is -1.21. The molecule has 0 rings (SSSR count). The van der Waals surface area contributed by atoms with Gasteiger partial charge in [-0.25, -0.2) is 4.57 Å². The van der Waals surface area contributed by atoms with Crippen LogP contribution in [-0.4, -0.2) is 41.0 Å². The molecule has 8 nitrogen and oxygen atoms in total. The third-order valence-corrected chi connectivity index (χ3v) is 7.77. The second-order valence-electron chi connectivity index (χ2n) is 11.5. The Labute approximate surface area is 257 Å². The van der Waals surface area contributed by atoms with Gasteiger partial charge in [0.15, 0.2) is 6.10 Å². The minimum absolute atomic E-state index is 0.205. The molecule has 9 heteroatoms. The topological polar surface area (TPSA) is 119 Å². The number of rotatable bonds is 31. The quantitative estimate of drug-likeness (QED) is 0.0341. The number of carbonyl (C=O) groups excluding carboxylic acids is 2. The number of esters is 2. The maximum Gasteiger partial charge on any atom is 0.469 e. The van der Waals surface area contributed by atoms with Crippen molar-refractivity contribution in [2.45, 2.75) is 174 Å². The molecule has 0 fully saturated rings. The molecule has 0 aliphatic heterocycles. The molecule has 0 aromatic rings. The highest BCUT2D eigenvalue weighted by molar-refractivity contribution is 7.46. The lowest BCUT2D eigenvalue weighted by molar-refractivity contribution is -0.161. The van der Waals surface area contributed by atoms with Crippen LogP contribution in [0, 0.1) is 0 Å². The van der Waals surface area contributed by atoms with E-state index in [4.69, 9.17) is 19.3 Å². The highest BCUT2D eigenvalue weighted by Crippen LogP contribution is 2.35. The van der Waals surface area contributed by atoms with Crippen LogP contribution < -0.4 is 0 Å². The van der Waals surface area contributed by atoms with Crippen molar-refractivity contribution >= 4 is 19.8 Å². The second-order valence-corrected chi connectivity index (χ2v) is 12.7. The van der Waals surface area contributed by atoms with Gasteiger partial charge in [0.2, 0.25) is 0 Å². The average Bonchev–Trinajstić information content (AvgIpc) is 2.95. The third kappa shape index (κ3) is 31.7. The monoisotopic (exact) mass is 618 g/mol. The van der Waals surface area contributed by atoms with E-state index in [9.17, 15) is 14.2 Å². The summed E-state index contributed by atoms with van der Waals surface area (Å²) in [6.45, 7) is 3.63. The smallest absolute Gasteiger partial charge is 0.462 e. The van der Waals surface area contributed by atoms with Gasteiger partial charge in [-0.05, 0) is 38.5 Å². The molecular formula is C33H63O8P. The first-order valence-corrected chi connectivity index (χ1v) is 18.5. The number of carbonyl (C=O) groups is 2. The largest absolute Gasteiger partial charge is 0.469 e. The summed E-state index contributed by atoms with van der Waals surface area (Å²) in [4.78, 5) is 42.5. The van der Waals surface area contributed by atoms with E-state index in [0.29, 0.717) is 6.42 Å². The summed E-state index contributed by atoms with van der Waals surface area (Å²) in [7, 11) is -4.74. The molecule has 0 aliphatic rings. The standard InChI is InChI=1S/C33H63O8P/c1-3-5-7-9-11-13-15-17-19-21-23-25-27-32(34)39-29-31(30-40-42(36,37)38)41-33(35)28-26-24-22-20-18-16-14-12-10-8-6-4-2/h12,14,31H,3-11,13,15-30H2,1-2H3,(H2,36,37,38)/b14-12-/t31-/m0/s1. The minimum Gasteiger partial charge on any atom is -0.462 e. The molecule has 0 amide bonds. The number of unbranched alkanes of at least 4 members (excludes halogenated alkanes) is 19. The van der Waals surface area contributed by atoms with E-state index in [1.54, 1.807) is 0 Å². The Morgan fingerprint density at radius 1 is 0.595 bits per heavy atom. The lowest BCUT2D eigenvalue weighted by Gasteiger charge is -2.18. The van der Waals surface area contributed by atoms with Crippen molar-refractivity contribution < 1.29 is 37.9 Å². The Bertz CT molecular complexity index is 706. The predicted octanol–water partition coefficient (Wildman–Crippen LogP) is 9.51. The Morgan fingerprint density at radius 2 is 1.00 bits per heavy atom. The Balaban J connectivity index is 4.01. The number of phosphoric ester groups is 1. The van der Waals surface area contributed by atoms with Gasteiger partial charge in [0.25, 0.3) is 0 Å². The van der Waals surface area contributed by atoms with Crippen LogP contribution in [0.3, 0.4) is 0 Å². The maximum atomic E-state index is 12.3. The summed E-state index contributed by atoms with van der Waals surface area (Å²) in [5.74, 6) is -0.892. The molecule has 0 spiro atoms. The number of ether oxygens (including phenoxy) is 2. The fourth-order valence-electron chi connectivity index (χ4n) is 4.72. The minimum atomic E-state index is -4.74. The second kappa shape index (κ2) is 29.8. The van der Waals surface area contributed by atoms with Gasteiger partial charge in [0.05, 0.1) is 6.61 Å². The molecule has 2 N–H and O–H groups in total. The van der Waals surface area contributed by atoms with Crippen molar-refractivity contribution in [1.29, 1.82) is 0 Å². The van der Waals surface area contributed by atoms with Gasteiger partial charge in [-0.1, -0.05) is 129 Å². The van der Waals surface area contributed by atoms with Crippen molar-refractivity contribution in [3.8, 4) is 0 Å². The SMILES string of the molecule is CCCCC/C=C\CCCCCCCC(=O)O[C@@H](COC(=O)CCCCCCCCCCCCCC)COP(=O)(O)O. The Kier molecular flexibility index (Phi) is 29.0. The molecule has 0 unspecified atom stereocenters. The third-order valence-electron chi connectivity index (χ3n) is 7.28. The molecule has 0 saturated heterocycles. The zero-order valence-corrected chi connectivity index (χ0v) is 27.8. The van der Waals surface area contributed by atoms with Gasteiger partial charge in [-0.15, -0.1) is 0 Å². The summed E-state index contributed by atoms with van der Waals surface area (Å²) >= 11 is 0. The number of phosphoric acid groups is 1. The van der Waals surface area contributed by atoms with Crippen LogP contribution in [0.5, 0.6) is 0 Å². The molecule has 0 saturated carbocycles. The molecule has 1 atom stereocenters. The summed E-state index contributed by atoms with van der Waals surface area (Å²) in [5, 5.41) is 0. The molecule has 0 radical (unpaired) electrons. The van der Waals surface area contributed by atoms with Crippen molar-refractivity contribution in [3.63, 3.8) is 0 Å². The van der Waals surface area contributed by atoms with E-state index in [2.05, 4.69) is 30.5 Å². The zero-order valence-electron chi connectivity index (χ0n) is 26.9. The number of allylic oxidation sites excluding steroid dienone is 2. The molecule has 42 heavy (non-hydrogen) atoms. The highest BCUT2D eigenvalue weighted by Gasteiger charge is 2.22. The van der Waals surface area contributed by atoms with Crippen molar-refractivity contribution in [3.05, 3.63) is 12.2 Å². The van der Waals surface area contributed by atoms with E-state index >= 15 is 0 Å². The van der Waals surface area contributed by atoms with Gasteiger partial charge in [-0.2, -0.15) is 0 Å². The van der Waals surface area contributed by atoms with Crippen LogP contribution in [0.15, 0.2) is 12.2 Å². The lowest BCUT2D eigenvalue weighted by atomic mass is 10.0. The van der Waals surface area contributed by atoms with E-state index in [0.717, 1.165) is 57.8 Å². The van der Waals surface area contributed by atoms with Crippen LogP contribution in [-0.2, 0) is 28.2 Å². The van der Waals surface area contributed by atoms with Crippen LogP contribution in [0.4, 0.5) is 0 Å². The number of hydrogen-bond acceptors (Lipinski definition) is 6. The summed E-state index contributed by atoms with van der Waals surface area (Å²) in [6.07, 6.45) is 29.3. The molecular weight excluding hydrogens is 555 g/mol. The van der Waals surface area contributed by atoms with E-state index in [1.165, 1.54) is 77.0 Å². The van der Waals surface area contributed by atoms with Gasteiger partial charge in [0, 0.05) is 12.8 Å². The van der Waals surface area contributed by atoms with E-state index < -0.39 is 32.5 Å². The fraction of sp³-hybridized carbons (Fsp3) is 0.879.